The Morgan fingerprint density at radius 3 is 2.48 bits per heavy atom. The summed E-state index contributed by atoms with van der Waals surface area (Å²) < 4.78 is 28.8. The molecule has 3 rings (SSSR count). The zero-order valence-electron chi connectivity index (χ0n) is 14.2. The van der Waals surface area contributed by atoms with E-state index in [4.69, 9.17) is 0 Å². The fourth-order valence-corrected chi connectivity index (χ4v) is 4.65. The van der Waals surface area contributed by atoms with Crippen LogP contribution in [0.4, 0.5) is 0 Å². The van der Waals surface area contributed by atoms with Gasteiger partial charge in [-0.1, -0.05) is 18.2 Å². The fourth-order valence-electron chi connectivity index (χ4n) is 2.40. The second-order valence-electron chi connectivity index (χ2n) is 5.57. The first-order valence-corrected chi connectivity index (χ1v) is 10.2. The highest BCUT2D eigenvalue weighted by Gasteiger charge is 2.34. The van der Waals surface area contributed by atoms with E-state index < -0.39 is 15.9 Å². The maximum absolute atomic E-state index is 12.6. The van der Waals surface area contributed by atoms with Crippen molar-refractivity contribution >= 4 is 38.9 Å². The summed E-state index contributed by atoms with van der Waals surface area (Å²) in [5.41, 5.74) is 0.326. The zero-order valence-corrected chi connectivity index (χ0v) is 15.9. The maximum Gasteiger partial charge on any atom is 0.284 e. The van der Waals surface area contributed by atoms with Crippen LogP contribution in [0.15, 0.2) is 62.7 Å². The van der Waals surface area contributed by atoms with Crippen molar-refractivity contribution in [2.24, 2.45) is 4.40 Å². The van der Waals surface area contributed by atoms with Crippen LogP contribution in [-0.4, -0.2) is 41.2 Å². The Morgan fingerprint density at radius 1 is 1.15 bits per heavy atom. The highest BCUT2D eigenvalue weighted by molar-refractivity contribution is 8.19. The van der Waals surface area contributed by atoms with Crippen molar-refractivity contribution in [1.29, 1.82) is 0 Å². The highest BCUT2D eigenvalue weighted by atomic mass is 32.2. The number of likely N-dealkylation sites (N-methyl/N-ethyl adjacent to an activating group) is 1. The number of nitrogens with zero attached hydrogens (tertiary/aromatic N) is 2. The van der Waals surface area contributed by atoms with Crippen LogP contribution in [0.3, 0.4) is 0 Å². The predicted octanol–water partition coefficient (Wildman–Crippen LogP) is 2.78. The molecule has 0 bridgehead atoms. The Bertz CT molecular complexity index is 1050. The molecule has 0 saturated carbocycles. The molecule has 1 fully saturated rings. The number of phenols is 2. The smallest absolute Gasteiger partial charge is 0.284 e. The molecule has 1 aliphatic heterocycles. The second-order valence-corrected chi connectivity index (χ2v) is 8.18. The molecular weight excluding hydrogens is 388 g/mol. The number of carbonyl (C=O) groups is 1. The number of amidine groups is 1. The van der Waals surface area contributed by atoms with Crippen molar-refractivity contribution in [2.45, 2.75) is 11.8 Å². The van der Waals surface area contributed by atoms with Crippen LogP contribution in [0.1, 0.15) is 12.5 Å². The third-order valence-corrected chi connectivity index (χ3v) is 6.15. The van der Waals surface area contributed by atoms with Crippen LogP contribution in [0.5, 0.6) is 11.5 Å². The van der Waals surface area contributed by atoms with Crippen molar-refractivity contribution in [1.82, 2.24) is 4.90 Å². The standard InChI is InChI=1S/C18H16N2O5S2/c1-2-20-17(23)16(10-12-8-9-13(21)11-15(12)22)26-18(20)19-27(24,25)14-6-4-3-5-7-14/h3-11,21-22H,2H2,1H3. The van der Waals surface area contributed by atoms with E-state index in [1.165, 1.54) is 35.2 Å². The summed E-state index contributed by atoms with van der Waals surface area (Å²) in [6, 6.07) is 11.7. The molecule has 140 valence electrons. The Balaban J connectivity index is 1.99. The van der Waals surface area contributed by atoms with Gasteiger partial charge in [-0.3, -0.25) is 9.69 Å². The lowest BCUT2D eigenvalue weighted by molar-refractivity contribution is -0.122. The van der Waals surface area contributed by atoms with Gasteiger partial charge in [0, 0.05) is 18.2 Å². The number of carbonyl (C=O) groups excluding carboxylic acids is 1. The molecule has 1 saturated heterocycles. The van der Waals surface area contributed by atoms with Crippen LogP contribution < -0.4 is 0 Å². The molecule has 1 heterocycles. The van der Waals surface area contributed by atoms with Gasteiger partial charge in [0.1, 0.15) is 11.5 Å². The van der Waals surface area contributed by atoms with Gasteiger partial charge in [-0.15, -0.1) is 4.40 Å². The second kappa shape index (κ2) is 7.45. The predicted molar refractivity (Wildman–Crippen MR) is 104 cm³/mol. The van der Waals surface area contributed by atoms with Gasteiger partial charge in [-0.05, 0) is 49.0 Å². The van der Waals surface area contributed by atoms with Gasteiger partial charge in [-0.25, -0.2) is 0 Å². The third kappa shape index (κ3) is 3.99. The van der Waals surface area contributed by atoms with Crippen molar-refractivity contribution in [3.8, 4) is 11.5 Å². The quantitative estimate of drug-likeness (QED) is 0.759. The van der Waals surface area contributed by atoms with Gasteiger partial charge in [-0.2, -0.15) is 8.42 Å². The summed E-state index contributed by atoms with van der Waals surface area (Å²) in [5, 5.41) is 19.3. The lowest BCUT2D eigenvalue weighted by atomic mass is 10.1. The summed E-state index contributed by atoms with van der Waals surface area (Å²) in [7, 11) is -3.96. The SMILES string of the molecule is CCN1C(=O)C(=Cc2ccc(O)cc2O)SC1=NS(=O)(=O)c1ccccc1. The molecule has 9 heteroatoms. The first-order valence-electron chi connectivity index (χ1n) is 7.95. The Hall–Kier alpha value is -2.78. The number of phenolic OH excluding ortho intramolecular Hbond substituents is 2. The van der Waals surface area contributed by atoms with Crippen LogP contribution in [0.25, 0.3) is 6.08 Å². The van der Waals surface area contributed by atoms with Gasteiger partial charge in [0.2, 0.25) is 0 Å². The van der Waals surface area contributed by atoms with Crippen molar-refractivity contribution < 1.29 is 23.4 Å². The number of thioether (sulfide) groups is 1. The number of sulfonamides is 1. The van der Waals surface area contributed by atoms with Crippen LogP contribution in [0.2, 0.25) is 0 Å². The lowest BCUT2D eigenvalue weighted by Gasteiger charge is -2.11. The van der Waals surface area contributed by atoms with E-state index in [1.54, 1.807) is 25.1 Å². The van der Waals surface area contributed by atoms with E-state index in [0.29, 0.717) is 5.56 Å². The minimum Gasteiger partial charge on any atom is -0.508 e. The molecule has 1 aliphatic rings. The monoisotopic (exact) mass is 404 g/mol. The average molecular weight is 404 g/mol. The van der Waals surface area contributed by atoms with Crippen LogP contribution >= 0.6 is 11.8 Å². The minimum atomic E-state index is -3.96. The molecule has 2 aromatic rings. The molecule has 27 heavy (non-hydrogen) atoms. The first-order chi connectivity index (χ1) is 12.8. The molecule has 2 aromatic carbocycles. The van der Waals surface area contributed by atoms with E-state index in [-0.39, 0.29) is 33.0 Å². The Kier molecular flexibility index (Phi) is 5.24. The van der Waals surface area contributed by atoms with Crippen molar-refractivity contribution in [3.05, 3.63) is 59.0 Å². The normalized spacial score (nSPS) is 17.8. The summed E-state index contributed by atoms with van der Waals surface area (Å²) >= 11 is 0.915. The van der Waals surface area contributed by atoms with Gasteiger partial charge in [0.25, 0.3) is 15.9 Å². The molecule has 1 amide bonds. The summed E-state index contributed by atoms with van der Waals surface area (Å²) in [4.78, 5) is 14.1. The van der Waals surface area contributed by atoms with Gasteiger partial charge in [0.05, 0.1) is 9.80 Å². The summed E-state index contributed by atoms with van der Waals surface area (Å²) in [6.45, 7) is 1.96. The molecule has 0 unspecified atom stereocenters. The number of amides is 1. The lowest BCUT2D eigenvalue weighted by Crippen LogP contribution is -2.29. The third-order valence-electron chi connectivity index (χ3n) is 3.74. The van der Waals surface area contributed by atoms with Gasteiger partial charge in [0.15, 0.2) is 5.17 Å². The Morgan fingerprint density at radius 2 is 1.85 bits per heavy atom. The molecule has 0 spiro atoms. The average Bonchev–Trinajstić information content (AvgIpc) is 2.92. The van der Waals surface area contributed by atoms with E-state index >= 15 is 0 Å². The van der Waals surface area contributed by atoms with Crippen molar-refractivity contribution in [2.75, 3.05) is 6.54 Å². The molecule has 2 N–H and O–H groups in total. The van der Waals surface area contributed by atoms with E-state index in [1.807, 2.05) is 0 Å². The van der Waals surface area contributed by atoms with E-state index in [9.17, 15) is 23.4 Å². The van der Waals surface area contributed by atoms with Crippen molar-refractivity contribution in [3.63, 3.8) is 0 Å². The minimum absolute atomic E-state index is 0.0372. The van der Waals surface area contributed by atoms with Crippen LogP contribution in [-0.2, 0) is 14.8 Å². The fraction of sp³-hybridized carbons (Fsp3) is 0.111. The summed E-state index contributed by atoms with van der Waals surface area (Å²) in [6.07, 6.45) is 1.43. The molecular formula is C18H16N2O5S2. The van der Waals surface area contributed by atoms with Gasteiger partial charge >= 0.3 is 0 Å². The number of rotatable bonds is 4. The molecule has 0 atom stereocenters. The topological polar surface area (TPSA) is 107 Å². The van der Waals surface area contributed by atoms with Gasteiger partial charge < -0.3 is 10.2 Å². The number of aromatic hydroxyl groups is 2. The number of benzene rings is 2. The number of hydrogen-bond donors (Lipinski definition) is 2. The number of hydrogen-bond acceptors (Lipinski definition) is 6. The van der Waals surface area contributed by atoms with Crippen LogP contribution in [0, 0.1) is 0 Å². The summed E-state index contributed by atoms with van der Waals surface area (Å²) in [5.74, 6) is -0.704. The Labute approximate surface area is 160 Å². The van der Waals surface area contributed by atoms with E-state index in [2.05, 4.69) is 4.40 Å². The maximum atomic E-state index is 12.6. The largest absolute Gasteiger partial charge is 0.508 e. The highest BCUT2D eigenvalue weighted by Crippen LogP contribution is 2.35. The molecule has 7 nitrogen and oxygen atoms in total. The molecule has 0 aliphatic carbocycles. The first kappa shape index (κ1) is 19.0. The van der Waals surface area contributed by atoms with E-state index in [0.717, 1.165) is 17.8 Å². The molecule has 0 radical (unpaired) electrons. The molecule has 0 aromatic heterocycles. The zero-order chi connectivity index (χ0) is 19.6.